The minimum Gasteiger partial charge on any atom is -0.211 e. The number of nitrogens with one attached hydrogen (secondary N) is 1. The van der Waals surface area contributed by atoms with E-state index in [4.69, 9.17) is 23.2 Å². The van der Waals surface area contributed by atoms with Gasteiger partial charge in [0.15, 0.2) is 0 Å². The van der Waals surface area contributed by atoms with Crippen molar-refractivity contribution in [3.63, 3.8) is 0 Å². The topological polar surface area (TPSA) is 46.2 Å². The van der Waals surface area contributed by atoms with Crippen molar-refractivity contribution in [2.45, 2.75) is 29.5 Å². The summed E-state index contributed by atoms with van der Waals surface area (Å²) in [6.45, 7) is 2.40. The Balaban J connectivity index is 2.66. The molecule has 0 bridgehead atoms. The Morgan fingerprint density at radius 1 is 1.53 bits per heavy atom. The summed E-state index contributed by atoms with van der Waals surface area (Å²) in [6.07, 6.45) is 1.68. The highest BCUT2D eigenvalue weighted by Gasteiger charge is 2.20. The fourth-order valence-corrected chi connectivity index (χ4v) is 4.56. The highest BCUT2D eigenvalue weighted by atomic mass is 79.9. The van der Waals surface area contributed by atoms with Crippen molar-refractivity contribution in [2.75, 3.05) is 6.54 Å². The first kappa shape index (κ1) is 15.7. The van der Waals surface area contributed by atoms with E-state index in [0.717, 1.165) is 24.2 Å². The highest BCUT2D eigenvalue weighted by molar-refractivity contribution is 9.09. The molecule has 0 aliphatic carbocycles. The van der Waals surface area contributed by atoms with E-state index in [1.54, 1.807) is 0 Å². The van der Waals surface area contributed by atoms with Crippen LogP contribution in [0.1, 0.15) is 19.8 Å². The number of hydrogen-bond donors (Lipinski definition) is 1. The lowest BCUT2D eigenvalue weighted by Gasteiger charge is -2.08. The van der Waals surface area contributed by atoms with Gasteiger partial charge in [-0.05, 0) is 18.9 Å². The number of halogens is 3. The number of rotatable bonds is 6. The first-order valence-corrected chi connectivity index (χ1v) is 8.92. The third-order valence-electron chi connectivity index (χ3n) is 2.11. The van der Waals surface area contributed by atoms with Crippen LogP contribution in [0.2, 0.25) is 8.67 Å². The van der Waals surface area contributed by atoms with Gasteiger partial charge in [-0.3, -0.25) is 0 Å². The van der Waals surface area contributed by atoms with E-state index in [1.807, 2.05) is 6.92 Å². The SMILES string of the molecule is CCC(Br)CCNS(=O)(=O)c1cc(Cl)sc1Cl. The summed E-state index contributed by atoms with van der Waals surface area (Å²) in [5.41, 5.74) is 0. The maximum absolute atomic E-state index is 11.9. The molecule has 1 N–H and O–H groups in total. The van der Waals surface area contributed by atoms with Crippen molar-refractivity contribution in [1.29, 1.82) is 0 Å². The van der Waals surface area contributed by atoms with Gasteiger partial charge in [-0.15, -0.1) is 11.3 Å². The number of thiophene rings is 1. The number of hydrogen-bond acceptors (Lipinski definition) is 3. The minimum absolute atomic E-state index is 0.0526. The second-order valence-corrected chi connectivity index (χ2v) is 8.70. The van der Waals surface area contributed by atoms with Crippen LogP contribution in [0.4, 0.5) is 0 Å². The summed E-state index contributed by atoms with van der Waals surface area (Å²) >= 11 is 16.0. The normalized spacial score (nSPS) is 13.9. The van der Waals surface area contributed by atoms with Crippen LogP contribution in [0.3, 0.4) is 0 Å². The highest BCUT2D eigenvalue weighted by Crippen LogP contribution is 2.34. The monoisotopic (exact) mass is 379 g/mol. The Hall–Kier alpha value is 0.670. The average Bonchev–Trinajstić information content (AvgIpc) is 2.58. The van der Waals surface area contributed by atoms with Crippen molar-refractivity contribution < 1.29 is 8.42 Å². The van der Waals surface area contributed by atoms with Gasteiger partial charge in [0.2, 0.25) is 10.0 Å². The summed E-state index contributed by atoms with van der Waals surface area (Å²) < 4.78 is 26.8. The van der Waals surface area contributed by atoms with Crippen molar-refractivity contribution >= 4 is 60.5 Å². The van der Waals surface area contributed by atoms with Crippen LogP contribution in [-0.2, 0) is 10.0 Å². The van der Waals surface area contributed by atoms with E-state index in [0.29, 0.717) is 15.7 Å². The number of alkyl halides is 1. The summed E-state index contributed by atoms with van der Waals surface area (Å²) in [7, 11) is -3.55. The molecule has 0 spiro atoms. The van der Waals surface area contributed by atoms with E-state index in [9.17, 15) is 8.42 Å². The zero-order valence-corrected chi connectivity index (χ0v) is 13.8. The first-order valence-electron chi connectivity index (χ1n) is 4.95. The molecule has 98 valence electrons. The Bertz CT molecular complexity index is 475. The Labute approximate surface area is 124 Å². The van der Waals surface area contributed by atoms with Crippen LogP contribution in [0.25, 0.3) is 0 Å². The predicted molar refractivity (Wildman–Crippen MR) is 77.2 cm³/mol. The van der Waals surface area contributed by atoms with Gasteiger partial charge in [0.1, 0.15) is 9.23 Å². The molecular weight excluding hydrogens is 369 g/mol. The van der Waals surface area contributed by atoms with Crippen LogP contribution in [0.5, 0.6) is 0 Å². The molecule has 0 saturated heterocycles. The standard InChI is InChI=1S/C9H12BrCl2NO2S2/c1-2-6(10)3-4-13-17(14,15)7-5-8(11)16-9(7)12/h5-6,13H,2-4H2,1H3. The lowest BCUT2D eigenvalue weighted by Crippen LogP contribution is -2.26. The van der Waals surface area contributed by atoms with Crippen LogP contribution in [0.15, 0.2) is 11.0 Å². The van der Waals surface area contributed by atoms with Gasteiger partial charge in [-0.25, -0.2) is 13.1 Å². The second-order valence-electron chi connectivity index (χ2n) is 3.38. The Morgan fingerprint density at radius 3 is 2.65 bits per heavy atom. The summed E-state index contributed by atoms with van der Waals surface area (Å²) in [5.74, 6) is 0. The third kappa shape index (κ3) is 4.69. The molecule has 0 aliphatic heterocycles. The fourth-order valence-electron chi connectivity index (χ4n) is 1.14. The molecule has 1 aromatic rings. The number of sulfonamides is 1. The van der Waals surface area contributed by atoms with Crippen LogP contribution in [-0.4, -0.2) is 19.8 Å². The van der Waals surface area contributed by atoms with Crippen LogP contribution >= 0.6 is 50.5 Å². The zero-order chi connectivity index (χ0) is 13.1. The molecule has 0 amide bonds. The molecule has 0 aliphatic rings. The van der Waals surface area contributed by atoms with Gasteiger partial charge in [0.25, 0.3) is 0 Å². The largest absolute Gasteiger partial charge is 0.242 e. The molecule has 0 aromatic carbocycles. The molecule has 0 fully saturated rings. The first-order chi connectivity index (χ1) is 7.86. The Morgan fingerprint density at radius 2 is 2.18 bits per heavy atom. The maximum atomic E-state index is 11.9. The smallest absolute Gasteiger partial charge is 0.211 e. The van der Waals surface area contributed by atoms with Gasteiger partial charge in [-0.1, -0.05) is 46.1 Å². The van der Waals surface area contributed by atoms with E-state index in [-0.39, 0.29) is 9.23 Å². The lowest BCUT2D eigenvalue weighted by atomic mass is 10.2. The van der Waals surface area contributed by atoms with Crippen molar-refractivity contribution in [3.8, 4) is 0 Å². The van der Waals surface area contributed by atoms with Gasteiger partial charge >= 0.3 is 0 Å². The van der Waals surface area contributed by atoms with Crippen molar-refractivity contribution in [2.24, 2.45) is 0 Å². The molecule has 1 rings (SSSR count). The molecule has 1 heterocycles. The molecule has 1 unspecified atom stereocenters. The maximum Gasteiger partial charge on any atom is 0.242 e. The predicted octanol–water partition coefficient (Wildman–Crippen LogP) is 3.90. The summed E-state index contributed by atoms with van der Waals surface area (Å²) in [5, 5.41) is 0. The molecule has 1 aromatic heterocycles. The summed E-state index contributed by atoms with van der Waals surface area (Å²) in [4.78, 5) is 0.364. The minimum atomic E-state index is -3.55. The molecular formula is C9H12BrCl2NO2S2. The van der Waals surface area contributed by atoms with E-state index < -0.39 is 10.0 Å². The van der Waals surface area contributed by atoms with Crippen LogP contribution < -0.4 is 4.72 Å². The lowest BCUT2D eigenvalue weighted by molar-refractivity contribution is 0.578. The second kappa shape index (κ2) is 6.73. The average molecular weight is 381 g/mol. The zero-order valence-electron chi connectivity index (χ0n) is 9.04. The molecule has 0 radical (unpaired) electrons. The van der Waals surface area contributed by atoms with E-state index in [2.05, 4.69) is 20.7 Å². The molecule has 0 saturated carbocycles. The third-order valence-corrected chi connectivity index (χ3v) is 6.43. The molecule has 8 heteroatoms. The van der Waals surface area contributed by atoms with E-state index >= 15 is 0 Å². The summed E-state index contributed by atoms with van der Waals surface area (Å²) in [6, 6.07) is 1.36. The molecule has 1 atom stereocenters. The van der Waals surface area contributed by atoms with Gasteiger partial charge < -0.3 is 0 Å². The van der Waals surface area contributed by atoms with Gasteiger partial charge in [0, 0.05) is 11.4 Å². The van der Waals surface area contributed by atoms with E-state index in [1.165, 1.54) is 6.07 Å². The van der Waals surface area contributed by atoms with Crippen LogP contribution in [0, 0.1) is 0 Å². The van der Waals surface area contributed by atoms with Crippen molar-refractivity contribution in [3.05, 3.63) is 14.7 Å². The van der Waals surface area contributed by atoms with Crippen molar-refractivity contribution in [1.82, 2.24) is 4.72 Å². The molecule has 17 heavy (non-hydrogen) atoms. The van der Waals surface area contributed by atoms with Gasteiger partial charge in [-0.2, -0.15) is 0 Å². The quantitative estimate of drug-likeness (QED) is 0.760. The molecule has 3 nitrogen and oxygen atoms in total. The fraction of sp³-hybridized carbons (Fsp3) is 0.556. The Kier molecular flexibility index (Phi) is 6.22. The van der Waals surface area contributed by atoms with Gasteiger partial charge in [0.05, 0.1) is 4.34 Å².